The molecule has 2 heterocycles. The fourth-order valence-corrected chi connectivity index (χ4v) is 5.10. The number of nitrogens with zero attached hydrogens (tertiary/aromatic N) is 3. The van der Waals surface area contributed by atoms with E-state index in [4.69, 9.17) is 0 Å². The Bertz CT molecular complexity index is 946. The third-order valence-electron chi connectivity index (χ3n) is 6.03. The first kappa shape index (κ1) is 26.4. The number of amides is 2. The lowest BCUT2D eigenvalue weighted by atomic mass is 9.91. The number of carbonyl (C=O) groups excluding carboxylic acids is 2. The van der Waals surface area contributed by atoms with Crippen molar-refractivity contribution in [1.82, 2.24) is 14.7 Å². The van der Waals surface area contributed by atoms with Crippen LogP contribution < -0.4 is 0 Å². The quantitative estimate of drug-likeness (QED) is 0.469. The van der Waals surface area contributed by atoms with E-state index < -0.39 is 0 Å². The predicted octanol–water partition coefficient (Wildman–Crippen LogP) is 5.09. The summed E-state index contributed by atoms with van der Waals surface area (Å²) in [5, 5.41) is 0. The average molecular weight is 488 g/mol. The highest BCUT2D eigenvalue weighted by atomic mass is 32.1. The van der Waals surface area contributed by atoms with Crippen LogP contribution in [0.5, 0.6) is 0 Å². The van der Waals surface area contributed by atoms with Gasteiger partial charge in [-0.15, -0.1) is 11.3 Å². The highest BCUT2D eigenvalue weighted by Crippen LogP contribution is 2.22. The first-order valence-electron chi connectivity index (χ1n) is 12.2. The highest BCUT2D eigenvalue weighted by molar-refractivity contribution is 7.11. The van der Waals surface area contributed by atoms with Crippen molar-refractivity contribution in [3.8, 4) is 0 Å². The van der Waals surface area contributed by atoms with Crippen LogP contribution in [0.2, 0.25) is 0 Å². The molecule has 0 N–H and O–H groups in total. The van der Waals surface area contributed by atoms with Crippen molar-refractivity contribution in [1.29, 1.82) is 0 Å². The fourth-order valence-electron chi connectivity index (χ4n) is 4.19. The number of halogens is 1. The largest absolute Gasteiger partial charge is 0.332 e. The van der Waals surface area contributed by atoms with E-state index in [0.717, 1.165) is 30.1 Å². The standard InChI is InChI=1S/C27H38FN3O2S/c1-21-7-12-24(34-21)19-31(18-22-8-10-23(28)11-9-22)26(33)20-30(25(32)17-27(2,3)4)16-15-29-13-5-6-14-29/h7-12H,5-6,13-20H2,1-4H3. The molecular weight excluding hydrogens is 449 g/mol. The molecule has 0 bridgehead atoms. The van der Waals surface area contributed by atoms with E-state index >= 15 is 0 Å². The predicted molar refractivity (Wildman–Crippen MR) is 136 cm³/mol. The summed E-state index contributed by atoms with van der Waals surface area (Å²) >= 11 is 1.67. The molecule has 2 amide bonds. The number of carbonyl (C=O) groups is 2. The molecule has 1 aliphatic heterocycles. The van der Waals surface area contributed by atoms with Crippen molar-refractivity contribution >= 4 is 23.2 Å². The van der Waals surface area contributed by atoms with Crippen LogP contribution in [0.1, 0.15) is 55.4 Å². The molecular formula is C27H38FN3O2S. The number of benzene rings is 1. The number of hydrogen-bond acceptors (Lipinski definition) is 4. The Morgan fingerprint density at radius 3 is 2.24 bits per heavy atom. The molecule has 2 aromatic rings. The Balaban J connectivity index is 1.75. The van der Waals surface area contributed by atoms with Crippen LogP contribution in [-0.4, -0.2) is 59.2 Å². The molecule has 0 atom stereocenters. The van der Waals surface area contributed by atoms with Gasteiger partial charge in [0.05, 0.1) is 13.1 Å². The van der Waals surface area contributed by atoms with Crippen LogP contribution in [0.4, 0.5) is 4.39 Å². The van der Waals surface area contributed by atoms with Gasteiger partial charge in [0.1, 0.15) is 5.82 Å². The third kappa shape index (κ3) is 8.51. The molecule has 0 radical (unpaired) electrons. The van der Waals surface area contributed by atoms with Gasteiger partial charge in [-0.3, -0.25) is 9.59 Å². The van der Waals surface area contributed by atoms with E-state index in [1.807, 2.05) is 33.8 Å². The van der Waals surface area contributed by atoms with Gasteiger partial charge in [-0.25, -0.2) is 4.39 Å². The second-order valence-electron chi connectivity index (χ2n) is 10.5. The molecule has 5 nitrogen and oxygen atoms in total. The SMILES string of the molecule is Cc1ccc(CN(Cc2ccc(F)cc2)C(=O)CN(CCN2CCCC2)C(=O)CC(C)(C)C)s1. The molecule has 0 spiro atoms. The lowest BCUT2D eigenvalue weighted by molar-refractivity contribution is -0.142. The number of likely N-dealkylation sites (tertiary alicyclic amines) is 1. The van der Waals surface area contributed by atoms with E-state index in [9.17, 15) is 14.0 Å². The molecule has 1 saturated heterocycles. The van der Waals surface area contributed by atoms with Gasteiger partial charge >= 0.3 is 0 Å². The number of aryl methyl sites for hydroxylation is 1. The van der Waals surface area contributed by atoms with Crippen molar-refractivity contribution < 1.29 is 14.0 Å². The zero-order valence-corrected chi connectivity index (χ0v) is 21.8. The minimum Gasteiger partial charge on any atom is -0.332 e. The van der Waals surface area contributed by atoms with Crippen molar-refractivity contribution in [2.75, 3.05) is 32.7 Å². The Morgan fingerprint density at radius 2 is 1.65 bits per heavy atom. The van der Waals surface area contributed by atoms with Gasteiger partial charge in [0, 0.05) is 35.8 Å². The summed E-state index contributed by atoms with van der Waals surface area (Å²) in [6, 6.07) is 10.4. The van der Waals surface area contributed by atoms with Gasteiger partial charge in [-0.2, -0.15) is 0 Å². The summed E-state index contributed by atoms with van der Waals surface area (Å²) in [4.78, 5) is 34.9. The first-order chi connectivity index (χ1) is 16.1. The van der Waals surface area contributed by atoms with E-state index in [1.54, 1.807) is 33.3 Å². The summed E-state index contributed by atoms with van der Waals surface area (Å²) in [6.07, 6.45) is 2.80. The summed E-state index contributed by atoms with van der Waals surface area (Å²) in [7, 11) is 0. The summed E-state index contributed by atoms with van der Waals surface area (Å²) in [6.45, 7) is 12.6. The molecule has 1 aliphatic rings. The number of thiophene rings is 1. The maximum absolute atomic E-state index is 13.6. The van der Waals surface area contributed by atoms with E-state index in [1.165, 1.54) is 29.9 Å². The Kier molecular flexibility index (Phi) is 9.25. The second kappa shape index (κ2) is 11.9. The van der Waals surface area contributed by atoms with Gasteiger partial charge in [0.15, 0.2) is 0 Å². The van der Waals surface area contributed by atoms with E-state index in [2.05, 4.69) is 11.0 Å². The lowest BCUT2D eigenvalue weighted by Crippen LogP contribution is -2.45. The second-order valence-corrected chi connectivity index (χ2v) is 11.9. The van der Waals surface area contributed by atoms with Crippen LogP contribution in [0.25, 0.3) is 0 Å². The Hall–Kier alpha value is -2.25. The van der Waals surface area contributed by atoms with Crippen LogP contribution >= 0.6 is 11.3 Å². The van der Waals surface area contributed by atoms with E-state index in [-0.39, 0.29) is 29.6 Å². The van der Waals surface area contributed by atoms with Crippen LogP contribution in [0.15, 0.2) is 36.4 Å². The smallest absolute Gasteiger partial charge is 0.242 e. The molecule has 186 valence electrons. The Labute approximate surface area is 207 Å². The monoisotopic (exact) mass is 487 g/mol. The van der Waals surface area contributed by atoms with Crippen molar-refractivity contribution in [3.63, 3.8) is 0 Å². The number of rotatable bonds is 10. The zero-order valence-electron chi connectivity index (χ0n) is 21.0. The minimum atomic E-state index is -0.295. The molecule has 1 aromatic heterocycles. The van der Waals surface area contributed by atoms with Crippen LogP contribution in [-0.2, 0) is 22.7 Å². The third-order valence-corrected chi connectivity index (χ3v) is 7.01. The van der Waals surface area contributed by atoms with Crippen LogP contribution in [0, 0.1) is 18.2 Å². The fraction of sp³-hybridized carbons (Fsp3) is 0.556. The normalized spacial score (nSPS) is 14.4. The van der Waals surface area contributed by atoms with E-state index in [0.29, 0.717) is 26.1 Å². The van der Waals surface area contributed by atoms with Crippen molar-refractivity contribution in [2.45, 2.75) is 60.0 Å². The molecule has 0 aliphatic carbocycles. The van der Waals surface area contributed by atoms with Gasteiger partial charge in [0.25, 0.3) is 0 Å². The van der Waals surface area contributed by atoms with Crippen molar-refractivity contribution in [2.24, 2.45) is 5.41 Å². The minimum absolute atomic E-state index is 0.0220. The van der Waals surface area contributed by atoms with Crippen LogP contribution in [0.3, 0.4) is 0 Å². The zero-order chi connectivity index (χ0) is 24.7. The molecule has 1 aromatic carbocycles. The first-order valence-corrected chi connectivity index (χ1v) is 13.0. The summed E-state index contributed by atoms with van der Waals surface area (Å²) in [5.41, 5.74) is 0.724. The lowest BCUT2D eigenvalue weighted by Gasteiger charge is -2.30. The molecule has 1 fully saturated rings. The summed E-state index contributed by atoms with van der Waals surface area (Å²) in [5.74, 6) is -0.357. The molecule has 34 heavy (non-hydrogen) atoms. The molecule has 0 saturated carbocycles. The maximum Gasteiger partial charge on any atom is 0.242 e. The highest BCUT2D eigenvalue weighted by Gasteiger charge is 2.26. The van der Waals surface area contributed by atoms with Gasteiger partial charge in [-0.05, 0) is 68.1 Å². The van der Waals surface area contributed by atoms with Gasteiger partial charge in [-0.1, -0.05) is 32.9 Å². The number of hydrogen-bond donors (Lipinski definition) is 0. The Morgan fingerprint density at radius 1 is 0.971 bits per heavy atom. The molecule has 3 rings (SSSR count). The molecule has 7 heteroatoms. The molecule has 0 unspecified atom stereocenters. The average Bonchev–Trinajstić information content (AvgIpc) is 3.42. The maximum atomic E-state index is 13.6. The van der Waals surface area contributed by atoms with Gasteiger partial charge < -0.3 is 14.7 Å². The summed E-state index contributed by atoms with van der Waals surface area (Å²) < 4.78 is 13.4. The van der Waals surface area contributed by atoms with Gasteiger partial charge in [0.2, 0.25) is 11.8 Å². The topological polar surface area (TPSA) is 43.9 Å². The van der Waals surface area contributed by atoms with Crippen molar-refractivity contribution in [3.05, 3.63) is 57.5 Å².